The van der Waals surface area contributed by atoms with Gasteiger partial charge in [-0.3, -0.25) is 9.80 Å². The van der Waals surface area contributed by atoms with Crippen LogP contribution < -0.4 is 0 Å². The van der Waals surface area contributed by atoms with Gasteiger partial charge in [0.1, 0.15) is 0 Å². The number of benzene rings is 1. The predicted molar refractivity (Wildman–Crippen MR) is 90.4 cm³/mol. The Morgan fingerprint density at radius 1 is 1.21 bits per heavy atom. The molecule has 1 amide bonds. The van der Waals surface area contributed by atoms with Gasteiger partial charge in [-0.05, 0) is 24.1 Å². The molecule has 1 aromatic carbocycles. The number of nitrogens with zero attached hydrogens (tertiary/aromatic N) is 2. The SMILES string of the molecule is COC/C=C\CN1CCC(=O)N1CCc1ccc(C(=O)OC)cc1. The van der Waals surface area contributed by atoms with Crippen LogP contribution in [0.1, 0.15) is 22.3 Å². The van der Waals surface area contributed by atoms with E-state index in [1.54, 1.807) is 19.2 Å². The van der Waals surface area contributed by atoms with Crippen molar-refractivity contribution in [2.45, 2.75) is 12.8 Å². The number of carbonyl (C=O) groups is 2. The van der Waals surface area contributed by atoms with Crippen molar-refractivity contribution in [2.24, 2.45) is 0 Å². The molecule has 0 bridgehead atoms. The van der Waals surface area contributed by atoms with E-state index in [9.17, 15) is 9.59 Å². The molecule has 0 atom stereocenters. The van der Waals surface area contributed by atoms with Crippen LogP contribution in [-0.4, -0.2) is 62.4 Å². The van der Waals surface area contributed by atoms with Gasteiger partial charge in [0.15, 0.2) is 0 Å². The second kappa shape index (κ2) is 9.20. The topological polar surface area (TPSA) is 59.1 Å². The standard InChI is InChI=1S/C18H24N2O4/c1-23-14-4-3-11-19-12-10-17(21)20(19)13-9-15-5-7-16(8-6-15)18(22)24-2/h3-8H,9-14H2,1-2H3/b4-3-. The lowest BCUT2D eigenvalue weighted by Crippen LogP contribution is -2.40. The highest BCUT2D eigenvalue weighted by Gasteiger charge is 2.27. The second-order valence-electron chi connectivity index (χ2n) is 5.54. The van der Waals surface area contributed by atoms with Crippen LogP contribution in [0.4, 0.5) is 0 Å². The van der Waals surface area contributed by atoms with Crippen molar-refractivity contribution < 1.29 is 19.1 Å². The van der Waals surface area contributed by atoms with Crippen molar-refractivity contribution in [1.82, 2.24) is 10.0 Å². The predicted octanol–water partition coefficient (Wildman–Crippen LogP) is 1.67. The molecule has 1 aliphatic rings. The fourth-order valence-electron chi connectivity index (χ4n) is 2.61. The lowest BCUT2D eigenvalue weighted by molar-refractivity contribution is -0.137. The summed E-state index contributed by atoms with van der Waals surface area (Å²) in [6.07, 6.45) is 5.26. The number of hydrogen-bond donors (Lipinski definition) is 0. The third-order valence-electron chi connectivity index (χ3n) is 3.95. The first-order chi connectivity index (χ1) is 11.7. The van der Waals surface area contributed by atoms with Gasteiger partial charge in [0.2, 0.25) is 5.91 Å². The van der Waals surface area contributed by atoms with E-state index in [-0.39, 0.29) is 11.9 Å². The van der Waals surface area contributed by atoms with Crippen LogP contribution in [-0.2, 0) is 20.7 Å². The Hall–Kier alpha value is -2.18. The number of methoxy groups -OCH3 is 2. The van der Waals surface area contributed by atoms with Gasteiger partial charge in [0.05, 0.1) is 19.3 Å². The Bertz CT molecular complexity index is 583. The summed E-state index contributed by atoms with van der Waals surface area (Å²) in [5.74, 6) is -0.188. The lowest BCUT2D eigenvalue weighted by atomic mass is 10.1. The molecule has 6 nitrogen and oxygen atoms in total. The van der Waals surface area contributed by atoms with E-state index in [1.807, 2.05) is 29.3 Å². The fraction of sp³-hybridized carbons (Fsp3) is 0.444. The molecular weight excluding hydrogens is 308 g/mol. The van der Waals surface area contributed by atoms with Crippen LogP contribution in [0, 0.1) is 0 Å². The van der Waals surface area contributed by atoms with E-state index in [2.05, 4.69) is 9.75 Å². The monoisotopic (exact) mass is 332 g/mol. The first-order valence-electron chi connectivity index (χ1n) is 8.02. The van der Waals surface area contributed by atoms with Gasteiger partial charge < -0.3 is 9.47 Å². The summed E-state index contributed by atoms with van der Waals surface area (Å²) in [5, 5.41) is 3.86. The highest BCUT2D eigenvalue weighted by Crippen LogP contribution is 2.14. The van der Waals surface area contributed by atoms with E-state index >= 15 is 0 Å². The number of rotatable bonds is 8. The van der Waals surface area contributed by atoms with E-state index in [0.717, 1.165) is 18.5 Å². The summed E-state index contributed by atoms with van der Waals surface area (Å²) < 4.78 is 9.66. The highest BCUT2D eigenvalue weighted by molar-refractivity contribution is 5.89. The minimum absolute atomic E-state index is 0.154. The number of hydrogen-bond acceptors (Lipinski definition) is 5. The van der Waals surface area contributed by atoms with Gasteiger partial charge in [-0.1, -0.05) is 24.3 Å². The Morgan fingerprint density at radius 2 is 1.96 bits per heavy atom. The minimum atomic E-state index is -0.342. The van der Waals surface area contributed by atoms with Gasteiger partial charge in [-0.2, -0.15) is 0 Å². The summed E-state index contributed by atoms with van der Waals surface area (Å²) in [7, 11) is 3.02. The summed E-state index contributed by atoms with van der Waals surface area (Å²) >= 11 is 0. The molecule has 1 aliphatic heterocycles. The first kappa shape index (κ1) is 18.2. The molecule has 0 aromatic heterocycles. The zero-order valence-electron chi connectivity index (χ0n) is 14.2. The molecule has 0 spiro atoms. The first-order valence-corrected chi connectivity index (χ1v) is 8.02. The molecule has 0 N–H and O–H groups in total. The minimum Gasteiger partial charge on any atom is -0.465 e. The van der Waals surface area contributed by atoms with Crippen molar-refractivity contribution in [3.8, 4) is 0 Å². The van der Waals surface area contributed by atoms with Crippen LogP contribution in [0.5, 0.6) is 0 Å². The van der Waals surface area contributed by atoms with E-state index in [4.69, 9.17) is 4.74 Å². The average Bonchev–Trinajstić information content (AvgIpc) is 2.96. The Kier molecular flexibility index (Phi) is 6.96. The van der Waals surface area contributed by atoms with Crippen molar-refractivity contribution >= 4 is 11.9 Å². The molecule has 0 aliphatic carbocycles. The quantitative estimate of drug-likeness (QED) is 0.535. The van der Waals surface area contributed by atoms with Gasteiger partial charge in [0.25, 0.3) is 0 Å². The molecule has 1 fully saturated rings. The number of carbonyl (C=O) groups excluding carboxylic acids is 2. The molecule has 24 heavy (non-hydrogen) atoms. The molecule has 0 saturated carbocycles. The van der Waals surface area contributed by atoms with Gasteiger partial charge in [-0.25, -0.2) is 9.80 Å². The number of amides is 1. The molecule has 6 heteroatoms. The molecule has 2 rings (SSSR count). The van der Waals surface area contributed by atoms with Gasteiger partial charge in [-0.15, -0.1) is 0 Å². The normalized spacial score (nSPS) is 15.4. The smallest absolute Gasteiger partial charge is 0.337 e. The Labute approximate surface area is 142 Å². The second-order valence-corrected chi connectivity index (χ2v) is 5.54. The van der Waals surface area contributed by atoms with Crippen molar-refractivity contribution in [3.05, 3.63) is 47.5 Å². The molecule has 130 valence electrons. The zero-order valence-corrected chi connectivity index (χ0v) is 14.2. The van der Waals surface area contributed by atoms with E-state index in [1.165, 1.54) is 7.11 Å². The third-order valence-corrected chi connectivity index (χ3v) is 3.95. The van der Waals surface area contributed by atoms with Crippen LogP contribution in [0.25, 0.3) is 0 Å². The molecular formula is C18H24N2O4. The molecule has 1 aromatic rings. The van der Waals surface area contributed by atoms with Crippen molar-refractivity contribution in [3.63, 3.8) is 0 Å². The highest BCUT2D eigenvalue weighted by atomic mass is 16.5. The number of esters is 1. The Morgan fingerprint density at radius 3 is 2.62 bits per heavy atom. The molecule has 1 heterocycles. The largest absolute Gasteiger partial charge is 0.465 e. The van der Waals surface area contributed by atoms with Crippen LogP contribution in [0.3, 0.4) is 0 Å². The number of ether oxygens (including phenoxy) is 2. The van der Waals surface area contributed by atoms with E-state index in [0.29, 0.717) is 31.7 Å². The fourth-order valence-corrected chi connectivity index (χ4v) is 2.61. The maximum atomic E-state index is 12.1. The van der Waals surface area contributed by atoms with Crippen molar-refractivity contribution in [1.29, 1.82) is 0 Å². The summed E-state index contributed by atoms with van der Waals surface area (Å²) in [6.45, 7) is 2.66. The summed E-state index contributed by atoms with van der Waals surface area (Å²) in [5.41, 5.74) is 1.61. The zero-order chi connectivity index (χ0) is 17.4. The summed E-state index contributed by atoms with van der Waals surface area (Å²) in [6, 6.07) is 7.29. The lowest BCUT2D eigenvalue weighted by Gasteiger charge is -2.27. The van der Waals surface area contributed by atoms with Crippen LogP contribution in [0.15, 0.2) is 36.4 Å². The van der Waals surface area contributed by atoms with Gasteiger partial charge in [0, 0.05) is 33.2 Å². The average molecular weight is 332 g/mol. The number of hydrazine groups is 1. The summed E-state index contributed by atoms with van der Waals surface area (Å²) in [4.78, 5) is 23.5. The molecule has 1 saturated heterocycles. The maximum absolute atomic E-state index is 12.1. The van der Waals surface area contributed by atoms with E-state index < -0.39 is 0 Å². The maximum Gasteiger partial charge on any atom is 0.337 e. The van der Waals surface area contributed by atoms with Crippen molar-refractivity contribution in [2.75, 3.05) is 40.5 Å². The molecule has 0 radical (unpaired) electrons. The van der Waals surface area contributed by atoms with Gasteiger partial charge >= 0.3 is 5.97 Å². The van der Waals surface area contributed by atoms with Crippen LogP contribution >= 0.6 is 0 Å². The Balaban J connectivity index is 1.88. The van der Waals surface area contributed by atoms with Crippen LogP contribution in [0.2, 0.25) is 0 Å². The third kappa shape index (κ3) is 4.91. The molecule has 0 unspecified atom stereocenters.